The van der Waals surface area contributed by atoms with Crippen LogP contribution < -0.4 is 0 Å². The second kappa shape index (κ2) is 3.02. The first-order chi connectivity index (χ1) is 5.37. The lowest BCUT2D eigenvalue weighted by molar-refractivity contribution is -0.0251. The third kappa shape index (κ3) is 1.66. The molecule has 0 N–H and O–H groups in total. The molecule has 0 unspecified atom stereocenters. The Kier molecular flexibility index (Phi) is 2.53. The van der Waals surface area contributed by atoms with Crippen LogP contribution in [0.2, 0.25) is 0 Å². The molecule has 1 saturated carbocycles. The fraction of sp³-hybridized carbons (Fsp3) is 1.00. The normalized spacial score (nSPS) is 22.5. The van der Waals surface area contributed by atoms with E-state index in [1.165, 1.54) is 25.8 Å². The molecule has 0 amide bonds. The highest BCUT2D eigenvalue weighted by atomic mass is 15.1. The summed E-state index contributed by atoms with van der Waals surface area (Å²) >= 11 is 0. The van der Waals surface area contributed by atoms with Crippen LogP contribution in [-0.4, -0.2) is 25.5 Å². The van der Waals surface area contributed by atoms with E-state index in [-0.39, 0.29) is 0 Å². The molecule has 1 aliphatic carbocycles. The van der Waals surface area contributed by atoms with E-state index in [0.717, 1.165) is 0 Å². The van der Waals surface area contributed by atoms with Crippen LogP contribution in [0.1, 0.15) is 40.0 Å². The monoisotopic (exact) mass is 169 g/mol. The van der Waals surface area contributed by atoms with Gasteiger partial charge in [-0.2, -0.15) is 0 Å². The summed E-state index contributed by atoms with van der Waals surface area (Å²) in [5.74, 6) is 0. The van der Waals surface area contributed by atoms with Crippen molar-refractivity contribution in [2.24, 2.45) is 10.8 Å². The van der Waals surface area contributed by atoms with Gasteiger partial charge < -0.3 is 4.90 Å². The molecule has 0 atom stereocenters. The molecular formula is C11H23N. The molecular weight excluding hydrogens is 146 g/mol. The first kappa shape index (κ1) is 10.0. The summed E-state index contributed by atoms with van der Waals surface area (Å²) in [6.07, 6.45) is 4.29. The van der Waals surface area contributed by atoms with Crippen molar-refractivity contribution < 1.29 is 0 Å². The van der Waals surface area contributed by atoms with Gasteiger partial charge >= 0.3 is 0 Å². The lowest BCUT2D eigenvalue weighted by atomic mass is 9.55. The summed E-state index contributed by atoms with van der Waals surface area (Å²) in [7, 11) is 4.37. The van der Waals surface area contributed by atoms with E-state index in [1.807, 2.05) is 0 Å². The first-order valence-electron chi connectivity index (χ1n) is 5.02. The Morgan fingerprint density at radius 1 is 1.17 bits per heavy atom. The lowest BCUT2D eigenvalue weighted by Crippen LogP contribution is -2.48. The summed E-state index contributed by atoms with van der Waals surface area (Å²) in [4.78, 5) is 2.34. The average molecular weight is 169 g/mol. The maximum absolute atomic E-state index is 2.38. The van der Waals surface area contributed by atoms with Gasteiger partial charge in [0.1, 0.15) is 0 Å². The van der Waals surface area contributed by atoms with E-state index in [2.05, 4.69) is 39.8 Å². The van der Waals surface area contributed by atoms with Crippen LogP contribution in [0.25, 0.3) is 0 Å². The zero-order valence-corrected chi connectivity index (χ0v) is 9.28. The van der Waals surface area contributed by atoms with Crippen molar-refractivity contribution in [3.05, 3.63) is 0 Å². The van der Waals surface area contributed by atoms with Gasteiger partial charge in [-0.15, -0.1) is 0 Å². The topological polar surface area (TPSA) is 3.24 Å². The molecule has 0 aromatic rings. The molecule has 1 aliphatic rings. The van der Waals surface area contributed by atoms with E-state index < -0.39 is 0 Å². The largest absolute Gasteiger partial charge is 0.309 e. The Bertz CT molecular complexity index is 149. The quantitative estimate of drug-likeness (QED) is 0.614. The average Bonchev–Trinajstić information content (AvgIpc) is 1.74. The maximum atomic E-state index is 2.38. The number of hydrogen-bond acceptors (Lipinski definition) is 1. The predicted octanol–water partition coefficient (Wildman–Crippen LogP) is 2.76. The predicted molar refractivity (Wildman–Crippen MR) is 54.3 cm³/mol. The van der Waals surface area contributed by atoms with Gasteiger partial charge in [-0.1, -0.05) is 27.2 Å². The zero-order valence-electron chi connectivity index (χ0n) is 9.28. The molecule has 0 saturated heterocycles. The molecule has 0 aromatic carbocycles. The Hall–Kier alpha value is -0.0400. The lowest BCUT2D eigenvalue weighted by Gasteiger charge is -2.53. The van der Waals surface area contributed by atoms with Gasteiger partial charge in [-0.25, -0.2) is 0 Å². The van der Waals surface area contributed by atoms with Gasteiger partial charge in [0, 0.05) is 6.54 Å². The smallest absolute Gasteiger partial charge is 0.00369 e. The molecule has 12 heavy (non-hydrogen) atoms. The maximum Gasteiger partial charge on any atom is 0.00369 e. The third-order valence-electron chi connectivity index (χ3n) is 3.52. The molecule has 1 fully saturated rings. The molecule has 1 nitrogen and oxygen atoms in total. The van der Waals surface area contributed by atoms with Crippen molar-refractivity contribution in [1.82, 2.24) is 4.90 Å². The molecule has 1 heteroatoms. The molecule has 0 aliphatic heterocycles. The zero-order chi connectivity index (χ0) is 9.41. The van der Waals surface area contributed by atoms with Crippen LogP contribution in [0.3, 0.4) is 0 Å². The Morgan fingerprint density at radius 2 is 1.67 bits per heavy atom. The second-order valence-electron chi connectivity index (χ2n) is 5.62. The SMILES string of the molecule is CN(C)CC1(C(C)(C)C)CCC1. The fourth-order valence-electron chi connectivity index (χ4n) is 2.35. The van der Waals surface area contributed by atoms with Gasteiger partial charge in [-0.05, 0) is 37.8 Å². The second-order valence-corrected chi connectivity index (χ2v) is 5.62. The van der Waals surface area contributed by atoms with Crippen LogP contribution >= 0.6 is 0 Å². The molecule has 0 spiro atoms. The number of nitrogens with zero attached hydrogens (tertiary/aromatic N) is 1. The van der Waals surface area contributed by atoms with Crippen LogP contribution in [-0.2, 0) is 0 Å². The van der Waals surface area contributed by atoms with Crippen molar-refractivity contribution in [3.8, 4) is 0 Å². The summed E-state index contributed by atoms with van der Waals surface area (Å²) in [5, 5.41) is 0. The van der Waals surface area contributed by atoms with Crippen LogP contribution in [0, 0.1) is 10.8 Å². The van der Waals surface area contributed by atoms with Gasteiger partial charge in [0.2, 0.25) is 0 Å². The number of hydrogen-bond donors (Lipinski definition) is 0. The third-order valence-corrected chi connectivity index (χ3v) is 3.52. The van der Waals surface area contributed by atoms with Crippen molar-refractivity contribution in [1.29, 1.82) is 0 Å². The summed E-state index contributed by atoms with van der Waals surface area (Å²) in [5.41, 5.74) is 1.09. The molecule has 0 bridgehead atoms. The molecule has 1 rings (SSSR count). The van der Waals surface area contributed by atoms with E-state index in [9.17, 15) is 0 Å². The highest BCUT2D eigenvalue weighted by Gasteiger charge is 2.46. The Balaban J connectivity index is 2.63. The van der Waals surface area contributed by atoms with Gasteiger partial charge in [0.25, 0.3) is 0 Å². The Labute approximate surface area is 77.1 Å². The minimum Gasteiger partial charge on any atom is -0.309 e. The molecule has 0 aromatic heterocycles. The van der Waals surface area contributed by atoms with Gasteiger partial charge in [-0.3, -0.25) is 0 Å². The van der Waals surface area contributed by atoms with E-state index >= 15 is 0 Å². The molecule has 72 valence electrons. The van der Waals surface area contributed by atoms with Crippen LogP contribution in [0.15, 0.2) is 0 Å². The van der Waals surface area contributed by atoms with E-state index in [1.54, 1.807) is 0 Å². The van der Waals surface area contributed by atoms with Crippen LogP contribution in [0.5, 0.6) is 0 Å². The highest BCUT2D eigenvalue weighted by molar-refractivity contribution is 4.97. The highest BCUT2D eigenvalue weighted by Crippen LogP contribution is 2.53. The van der Waals surface area contributed by atoms with Gasteiger partial charge in [0.05, 0.1) is 0 Å². The molecule has 0 radical (unpaired) electrons. The standard InChI is InChI=1S/C11H23N/c1-10(2,3)11(7-6-8-11)9-12(4)5/h6-9H2,1-5H3. The fourth-order valence-corrected chi connectivity index (χ4v) is 2.35. The first-order valence-corrected chi connectivity index (χ1v) is 5.02. The minimum atomic E-state index is 0.482. The van der Waals surface area contributed by atoms with E-state index in [0.29, 0.717) is 10.8 Å². The van der Waals surface area contributed by atoms with E-state index in [4.69, 9.17) is 0 Å². The van der Waals surface area contributed by atoms with Crippen LogP contribution in [0.4, 0.5) is 0 Å². The van der Waals surface area contributed by atoms with Crippen molar-refractivity contribution in [3.63, 3.8) is 0 Å². The number of rotatable bonds is 2. The summed E-state index contributed by atoms with van der Waals surface area (Å²) < 4.78 is 0. The minimum absolute atomic E-state index is 0.482. The summed E-state index contributed by atoms with van der Waals surface area (Å²) in [6.45, 7) is 8.41. The van der Waals surface area contributed by atoms with Gasteiger partial charge in [0.15, 0.2) is 0 Å². The Morgan fingerprint density at radius 3 is 1.75 bits per heavy atom. The van der Waals surface area contributed by atoms with Crippen molar-refractivity contribution >= 4 is 0 Å². The van der Waals surface area contributed by atoms with Crippen molar-refractivity contribution in [2.75, 3.05) is 20.6 Å². The summed E-state index contributed by atoms with van der Waals surface area (Å²) in [6, 6.07) is 0. The molecule has 0 heterocycles. The van der Waals surface area contributed by atoms with Crippen molar-refractivity contribution in [2.45, 2.75) is 40.0 Å².